The van der Waals surface area contributed by atoms with Crippen LogP contribution in [0.4, 0.5) is 0 Å². The fraction of sp³-hybridized carbons (Fsp3) is 0.500. The average Bonchev–Trinajstić information content (AvgIpc) is 2.60. The van der Waals surface area contributed by atoms with Gasteiger partial charge < -0.3 is 9.47 Å². The standard InChI is InChI=1S/C14H18N2O6S/c1-21-13(17)10-22-14(18)11-4-3-7-16(9-11)23(19,20)12-5-2-6-15-8-12/h2,5-6,8,11H,3-4,7,9-10H2,1H3. The lowest BCUT2D eigenvalue weighted by atomic mass is 10.0. The second-order valence-corrected chi connectivity index (χ2v) is 7.01. The molecule has 0 bridgehead atoms. The predicted octanol–water partition coefficient (Wildman–Crippen LogP) is 0.198. The van der Waals surface area contributed by atoms with E-state index < -0.39 is 34.5 Å². The molecule has 0 N–H and O–H groups in total. The molecule has 1 aromatic rings. The highest BCUT2D eigenvalue weighted by Gasteiger charge is 2.34. The number of nitrogens with zero attached hydrogens (tertiary/aromatic N) is 2. The molecule has 1 fully saturated rings. The summed E-state index contributed by atoms with van der Waals surface area (Å²) in [6, 6.07) is 3.00. The molecule has 0 spiro atoms. The maximum atomic E-state index is 12.5. The first-order valence-electron chi connectivity index (χ1n) is 7.09. The largest absolute Gasteiger partial charge is 0.466 e. The first-order chi connectivity index (χ1) is 10.9. The molecule has 2 heterocycles. The molecule has 0 aliphatic carbocycles. The summed E-state index contributed by atoms with van der Waals surface area (Å²) in [6.45, 7) is -0.115. The van der Waals surface area contributed by atoms with Crippen LogP contribution in [0.15, 0.2) is 29.4 Å². The number of carbonyl (C=O) groups excluding carboxylic acids is 2. The highest BCUT2D eigenvalue weighted by molar-refractivity contribution is 7.89. The van der Waals surface area contributed by atoms with Crippen LogP contribution >= 0.6 is 0 Å². The van der Waals surface area contributed by atoms with Gasteiger partial charge in [0, 0.05) is 25.5 Å². The fourth-order valence-electron chi connectivity index (χ4n) is 2.31. The SMILES string of the molecule is COC(=O)COC(=O)C1CCCN(S(=O)(=O)c2cccnc2)C1. The molecule has 9 heteroatoms. The van der Waals surface area contributed by atoms with Gasteiger partial charge in [-0.25, -0.2) is 13.2 Å². The van der Waals surface area contributed by atoms with Crippen molar-refractivity contribution in [2.75, 3.05) is 26.8 Å². The molecule has 1 aliphatic rings. The number of rotatable bonds is 5. The van der Waals surface area contributed by atoms with Crippen LogP contribution < -0.4 is 0 Å². The van der Waals surface area contributed by atoms with Crippen LogP contribution in [0.5, 0.6) is 0 Å². The predicted molar refractivity (Wildman–Crippen MR) is 78.7 cm³/mol. The van der Waals surface area contributed by atoms with Crippen LogP contribution in [0, 0.1) is 5.92 Å². The van der Waals surface area contributed by atoms with Crippen LogP contribution in [0.2, 0.25) is 0 Å². The van der Waals surface area contributed by atoms with Crippen molar-refractivity contribution in [1.29, 1.82) is 0 Å². The topological polar surface area (TPSA) is 103 Å². The Morgan fingerprint density at radius 3 is 2.87 bits per heavy atom. The maximum Gasteiger partial charge on any atom is 0.344 e. The molecule has 8 nitrogen and oxygen atoms in total. The van der Waals surface area contributed by atoms with Crippen molar-refractivity contribution < 1.29 is 27.5 Å². The van der Waals surface area contributed by atoms with E-state index in [2.05, 4.69) is 9.72 Å². The molecule has 1 aliphatic heterocycles. The number of sulfonamides is 1. The highest BCUT2D eigenvalue weighted by atomic mass is 32.2. The van der Waals surface area contributed by atoms with E-state index in [0.717, 1.165) is 0 Å². The van der Waals surface area contributed by atoms with E-state index in [0.29, 0.717) is 19.4 Å². The van der Waals surface area contributed by atoms with Gasteiger partial charge in [-0.1, -0.05) is 0 Å². The van der Waals surface area contributed by atoms with Gasteiger partial charge in [-0.3, -0.25) is 9.78 Å². The van der Waals surface area contributed by atoms with Crippen LogP contribution in [0.1, 0.15) is 12.8 Å². The van der Waals surface area contributed by atoms with Gasteiger partial charge in [0.2, 0.25) is 10.0 Å². The Kier molecular flexibility index (Phi) is 5.67. The molecule has 1 unspecified atom stereocenters. The second-order valence-electron chi connectivity index (χ2n) is 5.07. The molecule has 0 radical (unpaired) electrons. The van der Waals surface area contributed by atoms with Crippen molar-refractivity contribution in [3.63, 3.8) is 0 Å². The molecule has 0 amide bonds. The van der Waals surface area contributed by atoms with Gasteiger partial charge in [0.05, 0.1) is 13.0 Å². The van der Waals surface area contributed by atoms with Gasteiger partial charge >= 0.3 is 11.9 Å². The zero-order valence-corrected chi connectivity index (χ0v) is 13.5. The minimum absolute atomic E-state index is 0.0250. The molecule has 1 saturated heterocycles. The van der Waals surface area contributed by atoms with Gasteiger partial charge in [-0.05, 0) is 25.0 Å². The number of pyridine rings is 1. The molecule has 126 valence electrons. The quantitative estimate of drug-likeness (QED) is 0.704. The number of aromatic nitrogens is 1. The lowest BCUT2D eigenvalue weighted by Crippen LogP contribution is -2.43. The Bertz CT molecular complexity index is 661. The van der Waals surface area contributed by atoms with Crippen LogP contribution in [-0.2, 0) is 29.1 Å². The molecule has 0 saturated carbocycles. The Balaban J connectivity index is 2.03. The number of ether oxygens (including phenoxy) is 2. The summed E-state index contributed by atoms with van der Waals surface area (Å²) in [7, 11) is -2.50. The Labute approximate surface area is 134 Å². The molecule has 0 aromatic carbocycles. The zero-order chi connectivity index (χ0) is 16.9. The van der Waals surface area contributed by atoms with E-state index >= 15 is 0 Å². The first-order valence-corrected chi connectivity index (χ1v) is 8.53. The fourth-order valence-corrected chi connectivity index (χ4v) is 3.80. The smallest absolute Gasteiger partial charge is 0.344 e. The summed E-state index contributed by atoms with van der Waals surface area (Å²) in [6.07, 6.45) is 3.81. The van der Waals surface area contributed by atoms with Gasteiger partial charge in [-0.15, -0.1) is 0 Å². The lowest BCUT2D eigenvalue weighted by Gasteiger charge is -2.30. The molecular weight excluding hydrogens is 324 g/mol. The van der Waals surface area contributed by atoms with E-state index in [1.165, 1.54) is 29.9 Å². The minimum Gasteiger partial charge on any atom is -0.466 e. The molecule has 1 aromatic heterocycles. The summed E-state index contributed by atoms with van der Waals surface area (Å²) in [5.41, 5.74) is 0. The third-order valence-corrected chi connectivity index (χ3v) is 5.40. The zero-order valence-electron chi connectivity index (χ0n) is 12.7. The minimum atomic E-state index is -3.69. The van der Waals surface area contributed by atoms with E-state index in [4.69, 9.17) is 4.74 Å². The van der Waals surface area contributed by atoms with Crippen molar-refractivity contribution in [3.05, 3.63) is 24.5 Å². The average molecular weight is 342 g/mol. The summed E-state index contributed by atoms with van der Waals surface area (Å²) in [5.74, 6) is -1.85. The Morgan fingerprint density at radius 2 is 2.22 bits per heavy atom. The van der Waals surface area contributed by atoms with E-state index in [-0.39, 0.29) is 11.4 Å². The summed E-state index contributed by atoms with van der Waals surface area (Å²) in [4.78, 5) is 26.9. The number of methoxy groups -OCH3 is 1. The third-order valence-electron chi connectivity index (χ3n) is 3.55. The van der Waals surface area contributed by atoms with Crippen molar-refractivity contribution in [2.24, 2.45) is 5.92 Å². The van der Waals surface area contributed by atoms with Crippen molar-refractivity contribution in [2.45, 2.75) is 17.7 Å². The summed E-state index contributed by atoms with van der Waals surface area (Å²) in [5, 5.41) is 0. The van der Waals surface area contributed by atoms with Crippen LogP contribution in [0.3, 0.4) is 0 Å². The van der Waals surface area contributed by atoms with E-state index in [1.807, 2.05) is 0 Å². The van der Waals surface area contributed by atoms with Crippen molar-refractivity contribution in [1.82, 2.24) is 9.29 Å². The Hall–Kier alpha value is -2.00. The summed E-state index contributed by atoms with van der Waals surface area (Å²) < 4.78 is 35.5. The van der Waals surface area contributed by atoms with Gasteiger partial charge in [-0.2, -0.15) is 4.31 Å². The Morgan fingerprint density at radius 1 is 1.43 bits per heavy atom. The van der Waals surface area contributed by atoms with E-state index in [1.54, 1.807) is 6.07 Å². The number of carbonyl (C=O) groups is 2. The number of hydrogen-bond acceptors (Lipinski definition) is 7. The molecule has 1 atom stereocenters. The van der Waals surface area contributed by atoms with Crippen molar-refractivity contribution >= 4 is 22.0 Å². The molecule has 23 heavy (non-hydrogen) atoms. The summed E-state index contributed by atoms with van der Waals surface area (Å²) >= 11 is 0. The highest BCUT2D eigenvalue weighted by Crippen LogP contribution is 2.24. The van der Waals surface area contributed by atoms with Gasteiger partial charge in [0.25, 0.3) is 0 Å². The van der Waals surface area contributed by atoms with E-state index in [9.17, 15) is 18.0 Å². The lowest BCUT2D eigenvalue weighted by molar-refractivity contribution is -0.160. The van der Waals surface area contributed by atoms with Gasteiger partial charge in [0.15, 0.2) is 6.61 Å². The van der Waals surface area contributed by atoms with Crippen LogP contribution in [0.25, 0.3) is 0 Å². The van der Waals surface area contributed by atoms with Gasteiger partial charge in [0.1, 0.15) is 4.90 Å². The second kappa shape index (κ2) is 7.51. The maximum absolute atomic E-state index is 12.5. The monoisotopic (exact) mass is 342 g/mol. The van der Waals surface area contributed by atoms with Crippen LogP contribution in [-0.4, -0.2) is 56.5 Å². The number of hydrogen-bond donors (Lipinski definition) is 0. The number of piperidine rings is 1. The molecule has 2 rings (SSSR count). The molecular formula is C14H18N2O6S. The normalized spacial score (nSPS) is 19.1. The third kappa shape index (κ3) is 4.26. The number of esters is 2. The first kappa shape index (κ1) is 17.4. The van der Waals surface area contributed by atoms with Crippen molar-refractivity contribution in [3.8, 4) is 0 Å².